The lowest BCUT2D eigenvalue weighted by molar-refractivity contribution is 0.102. The number of ether oxygens (including phenoxy) is 3. The van der Waals surface area contributed by atoms with E-state index in [0.29, 0.717) is 39.9 Å². The number of halogens is 1. The minimum absolute atomic E-state index is 0.0857. The first-order chi connectivity index (χ1) is 13.9. The highest BCUT2D eigenvalue weighted by Gasteiger charge is 2.17. The molecule has 8 heteroatoms. The van der Waals surface area contributed by atoms with Gasteiger partial charge in [0.15, 0.2) is 18.2 Å². The monoisotopic (exact) mass is 399 g/mol. The molecular weight excluding hydrogens is 377 g/mol. The lowest BCUT2D eigenvalue weighted by Gasteiger charge is -2.11. The van der Waals surface area contributed by atoms with Crippen LogP contribution in [-0.2, 0) is 6.73 Å². The molecule has 0 saturated carbocycles. The van der Waals surface area contributed by atoms with Crippen LogP contribution in [0.5, 0.6) is 17.2 Å². The van der Waals surface area contributed by atoms with E-state index in [9.17, 15) is 9.18 Å². The summed E-state index contributed by atoms with van der Waals surface area (Å²) in [5, 5.41) is 7.27. The molecular formula is C21H22FN3O4. The van der Waals surface area contributed by atoms with Crippen molar-refractivity contribution in [1.29, 1.82) is 0 Å². The van der Waals surface area contributed by atoms with E-state index in [0.717, 1.165) is 0 Å². The Morgan fingerprint density at radius 3 is 2.55 bits per heavy atom. The van der Waals surface area contributed by atoms with Crippen LogP contribution in [0.25, 0.3) is 0 Å². The molecule has 0 aliphatic carbocycles. The number of carbonyl (C=O) groups excluding carboxylic acids is 1. The van der Waals surface area contributed by atoms with E-state index in [1.165, 1.54) is 26.4 Å². The minimum Gasteiger partial charge on any atom is -0.493 e. The molecule has 7 nitrogen and oxygen atoms in total. The van der Waals surface area contributed by atoms with Gasteiger partial charge < -0.3 is 19.5 Å². The van der Waals surface area contributed by atoms with Gasteiger partial charge in [-0.1, -0.05) is 6.07 Å². The van der Waals surface area contributed by atoms with Crippen molar-refractivity contribution in [2.45, 2.75) is 20.6 Å². The summed E-state index contributed by atoms with van der Waals surface area (Å²) >= 11 is 0. The highest BCUT2D eigenvalue weighted by molar-refractivity contribution is 6.05. The van der Waals surface area contributed by atoms with Gasteiger partial charge in [0, 0.05) is 11.6 Å². The molecule has 0 saturated heterocycles. The summed E-state index contributed by atoms with van der Waals surface area (Å²) in [7, 11) is 3.04. The second kappa shape index (κ2) is 8.64. The molecule has 29 heavy (non-hydrogen) atoms. The van der Waals surface area contributed by atoms with E-state index < -0.39 is 0 Å². The van der Waals surface area contributed by atoms with Crippen LogP contribution in [-0.4, -0.2) is 29.9 Å². The van der Waals surface area contributed by atoms with Crippen molar-refractivity contribution in [3.63, 3.8) is 0 Å². The third-order valence-electron chi connectivity index (χ3n) is 4.42. The van der Waals surface area contributed by atoms with Gasteiger partial charge in [-0.25, -0.2) is 9.07 Å². The van der Waals surface area contributed by atoms with Crippen LogP contribution in [0.2, 0.25) is 0 Å². The SMILES string of the molecule is COc1ccc(C(=O)Nc2c(C)nn(COc3cccc(F)c3)c2C)cc1OC. The van der Waals surface area contributed by atoms with E-state index in [-0.39, 0.29) is 18.5 Å². The van der Waals surface area contributed by atoms with E-state index in [1.807, 2.05) is 6.92 Å². The summed E-state index contributed by atoms with van der Waals surface area (Å²) < 4.78 is 30.9. The summed E-state index contributed by atoms with van der Waals surface area (Å²) in [5.41, 5.74) is 2.37. The molecule has 0 aliphatic heterocycles. The van der Waals surface area contributed by atoms with Crippen molar-refractivity contribution in [2.75, 3.05) is 19.5 Å². The normalized spacial score (nSPS) is 10.5. The van der Waals surface area contributed by atoms with Crippen LogP contribution in [0.3, 0.4) is 0 Å². The summed E-state index contributed by atoms with van der Waals surface area (Å²) in [6.07, 6.45) is 0. The number of anilines is 1. The van der Waals surface area contributed by atoms with E-state index >= 15 is 0 Å². The fourth-order valence-electron chi connectivity index (χ4n) is 2.86. The molecule has 2 aromatic carbocycles. The quantitative estimate of drug-likeness (QED) is 0.651. The zero-order chi connectivity index (χ0) is 21.0. The average Bonchev–Trinajstić information content (AvgIpc) is 2.99. The zero-order valence-electron chi connectivity index (χ0n) is 16.7. The molecule has 0 radical (unpaired) electrons. The fourth-order valence-corrected chi connectivity index (χ4v) is 2.86. The summed E-state index contributed by atoms with van der Waals surface area (Å²) in [5.74, 6) is 0.724. The molecule has 0 atom stereocenters. The first-order valence-corrected chi connectivity index (χ1v) is 8.88. The largest absolute Gasteiger partial charge is 0.493 e. The van der Waals surface area contributed by atoms with Crippen LogP contribution < -0.4 is 19.5 Å². The first-order valence-electron chi connectivity index (χ1n) is 8.88. The van der Waals surface area contributed by atoms with Crippen molar-refractivity contribution in [3.05, 3.63) is 65.2 Å². The van der Waals surface area contributed by atoms with Crippen LogP contribution in [0.15, 0.2) is 42.5 Å². The predicted octanol–water partition coefficient (Wildman–Crippen LogP) is 3.95. The van der Waals surface area contributed by atoms with Gasteiger partial charge in [-0.15, -0.1) is 0 Å². The smallest absolute Gasteiger partial charge is 0.255 e. The van der Waals surface area contributed by atoms with Gasteiger partial charge in [-0.3, -0.25) is 4.79 Å². The summed E-state index contributed by atoms with van der Waals surface area (Å²) in [6, 6.07) is 10.8. The van der Waals surface area contributed by atoms with Gasteiger partial charge in [-0.05, 0) is 44.2 Å². The average molecular weight is 399 g/mol. The number of benzene rings is 2. The van der Waals surface area contributed by atoms with Crippen LogP contribution in [0.4, 0.5) is 10.1 Å². The Morgan fingerprint density at radius 2 is 1.86 bits per heavy atom. The minimum atomic E-state index is -0.376. The lowest BCUT2D eigenvalue weighted by Crippen LogP contribution is -2.14. The lowest BCUT2D eigenvalue weighted by atomic mass is 10.1. The molecule has 1 aromatic heterocycles. The second-order valence-corrected chi connectivity index (χ2v) is 6.30. The Labute approximate surface area is 168 Å². The van der Waals surface area contributed by atoms with Crippen LogP contribution >= 0.6 is 0 Å². The maximum atomic E-state index is 13.3. The molecule has 152 valence electrons. The van der Waals surface area contributed by atoms with Crippen molar-refractivity contribution < 1.29 is 23.4 Å². The van der Waals surface area contributed by atoms with Crippen LogP contribution in [0, 0.1) is 19.7 Å². The van der Waals surface area contributed by atoms with Crippen LogP contribution in [0.1, 0.15) is 21.7 Å². The molecule has 1 amide bonds. The van der Waals surface area contributed by atoms with E-state index in [4.69, 9.17) is 14.2 Å². The predicted molar refractivity (Wildman–Crippen MR) is 106 cm³/mol. The number of amides is 1. The van der Waals surface area contributed by atoms with Gasteiger partial charge in [0.2, 0.25) is 0 Å². The third-order valence-corrected chi connectivity index (χ3v) is 4.42. The number of methoxy groups -OCH3 is 2. The van der Waals surface area contributed by atoms with Gasteiger partial charge in [0.05, 0.1) is 31.3 Å². The number of nitrogens with one attached hydrogen (secondary N) is 1. The fraction of sp³-hybridized carbons (Fsp3) is 0.238. The Balaban J connectivity index is 1.75. The number of aromatic nitrogens is 2. The zero-order valence-corrected chi connectivity index (χ0v) is 16.7. The van der Waals surface area contributed by atoms with Gasteiger partial charge >= 0.3 is 0 Å². The topological polar surface area (TPSA) is 74.6 Å². The Hall–Kier alpha value is -3.55. The maximum absolute atomic E-state index is 13.3. The molecule has 3 aromatic rings. The van der Waals surface area contributed by atoms with E-state index in [1.54, 1.807) is 41.9 Å². The molecule has 0 fully saturated rings. The second-order valence-electron chi connectivity index (χ2n) is 6.30. The summed E-state index contributed by atoms with van der Waals surface area (Å²) in [4.78, 5) is 12.7. The highest BCUT2D eigenvalue weighted by Crippen LogP contribution is 2.28. The van der Waals surface area contributed by atoms with Crippen molar-refractivity contribution in [1.82, 2.24) is 9.78 Å². The molecule has 1 N–H and O–H groups in total. The molecule has 1 heterocycles. The Morgan fingerprint density at radius 1 is 1.10 bits per heavy atom. The Kier molecular flexibility index (Phi) is 6.01. The molecule has 0 bridgehead atoms. The van der Waals surface area contributed by atoms with Crippen molar-refractivity contribution in [2.24, 2.45) is 0 Å². The number of hydrogen-bond donors (Lipinski definition) is 1. The van der Waals surface area contributed by atoms with Gasteiger partial charge in [0.25, 0.3) is 5.91 Å². The number of hydrogen-bond acceptors (Lipinski definition) is 5. The Bertz CT molecular complexity index is 1030. The number of carbonyl (C=O) groups is 1. The van der Waals surface area contributed by atoms with Gasteiger partial charge in [-0.2, -0.15) is 5.10 Å². The molecule has 0 aliphatic rings. The first kappa shape index (κ1) is 20.2. The molecule has 0 unspecified atom stereocenters. The van der Waals surface area contributed by atoms with Crippen molar-refractivity contribution >= 4 is 11.6 Å². The maximum Gasteiger partial charge on any atom is 0.255 e. The third kappa shape index (κ3) is 4.48. The standard InChI is InChI=1S/C21H22FN3O4/c1-13-20(23-21(26)15-8-9-18(27-3)19(10-15)28-4)14(2)25(24-13)12-29-17-7-5-6-16(22)11-17/h5-11H,12H2,1-4H3,(H,23,26). The van der Waals surface area contributed by atoms with Crippen molar-refractivity contribution in [3.8, 4) is 17.2 Å². The summed E-state index contributed by atoms with van der Waals surface area (Å²) in [6.45, 7) is 3.69. The van der Waals surface area contributed by atoms with Gasteiger partial charge in [0.1, 0.15) is 11.6 Å². The number of aryl methyl sites for hydroxylation is 1. The number of nitrogens with zero attached hydrogens (tertiary/aromatic N) is 2. The van der Waals surface area contributed by atoms with E-state index in [2.05, 4.69) is 10.4 Å². The molecule has 0 spiro atoms. The highest BCUT2D eigenvalue weighted by atomic mass is 19.1. The molecule has 3 rings (SSSR count). The number of rotatable bonds is 7.